The number of anilines is 1. The van der Waals surface area contributed by atoms with Crippen LogP contribution in [0.15, 0.2) is 36.5 Å². The first-order valence-corrected chi connectivity index (χ1v) is 6.17. The van der Waals surface area contributed by atoms with Gasteiger partial charge in [-0.05, 0) is 24.6 Å². The molecule has 0 spiro atoms. The van der Waals surface area contributed by atoms with Crippen molar-refractivity contribution in [3.63, 3.8) is 0 Å². The number of nitrogens with two attached hydrogens (primary N) is 1. The molecule has 1 heterocycles. The van der Waals surface area contributed by atoms with Gasteiger partial charge in [-0.15, -0.1) is 0 Å². The van der Waals surface area contributed by atoms with E-state index in [1.165, 1.54) is 4.68 Å². The Morgan fingerprint density at radius 3 is 2.95 bits per heavy atom. The van der Waals surface area contributed by atoms with Gasteiger partial charge in [0.2, 0.25) is 0 Å². The number of carbonyl (C=O) groups excluding carboxylic acids is 1. The fourth-order valence-corrected chi connectivity index (χ4v) is 1.65. The zero-order valence-electron chi connectivity index (χ0n) is 10.8. The van der Waals surface area contributed by atoms with Crippen LogP contribution in [0.2, 0.25) is 0 Å². The van der Waals surface area contributed by atoms with E-state index in [1.807, 2.05) is 24.3 Å². The summed E-state index contributed by atoms with van der Waals surface area (Å²) in [6.07, 6.45) is 2.54. The number of nitrogen functional groups attached to an aromatic ring is 1. The maximum atomic E-state index is 11.7. The normalized spacial score (nSPS) is 9.95. The fraction of sp³-hybridized carbons (Fsp3) is 0.214. The molecule has 1 aromatic carbocycles. The molecular weight excluding hydrogens is 256 g/mol. The third-order valence-corrected chi connectivity index (χ3v) is 2.65. The van der Waals surface area contributed by atoms with Crippen molar-refractivity contribution in [3.8, 4) is 11.8 Å². The van der Waals surface area contributed by atoms with E-state index in [1.54, 1.807) is 18.3 Å². The van der Waals surface area contributed by atoms with E-state index < -0.39 is 5.97 Å². The third kappa shape index (κ3) is 3.14. The lowest BCUT2D eigenvalue weighted by Gasteiger charge is -2.04. The Labute approximate surface area is 116 Å². The quantitative estimate of drug-likeness (QED) is 0.509. The van der Waals surface area contributed by atoms with Crippen LogP contribution in [0.5, 0.6) is 0 Å². The van der Waals surface area contributed by atoms with Gasteiger partial charge in [-0.1, -0.05) is 12.1 Å². The molecule has 2 rings (SSSR count). The number of hydrogen-bond donors (Lipinski definition) is 1. The minimum atomic E-state index is -0.504. The second kappa shape index (κ2) is 6.38. The number of para-hydroxylation sites is 2. The SMILES string of the molecule is N#CCCCOC(=O)c1ccn(-c2ccccc2N)n1. The highest BCUT2D eigenvalue weighted by molar-refractivity contribution is 5.87. The Bertz CT molecular complexity index is 643. The molecule has 0 aliphatic heterocycles. The Hall–Kier alpha value is -2.81. The molecule has 0 saturated carbocycles. The maximum Gasteiger partial charge on any atom is 0.358 e. The summed E-state index contributed by atoms with van der Waals surface area (Å²) in [5.74, 6) is -0.504. The highest BCUT2D eigenvalue weighted by atomic mass is 16.5. The van der Waals surface area contributed by atoms with Gasteiger partial charge in [-0.3, -0.25) is 0 Å². The number of ether oxygens (including phenoxy) is 1. The molecule has 0 unspecified atom stereocenters. The number of rotatable bonds is 5. The van der Waals surface area contributed by atoms with Crippen molar-refractivity contribution < 1.29 is 9.53 Å². The average Bonchev–Trinajstić information content (AvgIpc) is 2.93. The molecule has 0 aliphatic carbocycles. The molecule has 6 heteroatoms. The molecule has 6 nitrogen and oxygen atoms in total. The highest BCUT2D eigenvalue weighted by Gasteiger charge is 2.12. The summed E-state index contributed by atoms with van der Waals surface area (Å²) >= 11 is 0. The Morgan fingerprint density at radius 2 is 2.20 bits per heavy atom. The fourth-order valence-electron chi connectivity index (χ4n) is 1.65. The van der Waals surface area contributed by atoms with Crippen LogP contribution >= 0.6 is 0 Å². The molecule has 20 heavy (non-hydrogen) atoms. The number of unbranched alkanes of at least 4 members (excludes halogenated alkanes) is 1. The molecule has 0 atom stereocenters. The number of carbonyl (C=O) groups is 1. The molecule has 0 fully saturated rings. The third-order valence-electron chi connectivity index (χ3n) is 2.65. The maximum absolute atomic E-state index is 11.7. The van der Waals surface area contributed by atoms with E-state index in [4.69, 9.17) is 15.7 Å². The molecular formula is C14H14N4O2. The van der Waals surface area contributed by atoms with E-state index in [2.05, 4.69) is 5.10 Å². The molecule has 0 aliphatic rings. The summed E-state index contributed by atoms with van der Waals surface area (Å²) in [6.45, 7) is 0.215. The van der Waals surface area contributed by atoms with Crippen molar-refractivity contribution in [3.05, 3.63) is 42.2 Å². The highest BCUT2D eigenvalue weighted by Crippen LogP contribution is 2.15. The number of hydrogen-bond acceptors (Lipinski definition) is 5. The van der Waals surface area contributed by atoms with E-state index in [0.29, 0.717) is 24.2 Å². The number of benzene rings is 1. The molecule has 102 valence electrons. The first-order valence-electron chi connectivity index (χ1n) is 6.17. The van der Waals surface area contributed by atoms with Crippen LogP contribution in [0.25, 0.3) is 5.69 Å². The average molecular weight is 270 g/mol. The second-order valence-electron chi connectivity index (χ2n) is 4.10. The smallest absolute Gasteiger partial charge is 0.358 e. The van der Waals surface area contributed by atoms with Crippen LogP contribution in [0.3, 0.4) is 0 Å². The van der Waals surface area contributed by atoms with Gasteiger partial charge >= 0.3 is 5.97 Å². The van der Waals surface area contributed by atoms with Crippen molar-refractivity contribution in [1.29, 1.82) is 5.26 Å². The van der Waals surface area contributed by atoms with Crippen LogP contribution in [0.1, 0.15) is 23.3 Å². The second-order valence-corrected chi connectivity index (χ2v) is 4.10. The number of aromatic nitrogens is 2. The molecule has 0 bridgehead atoms. The Balaban J connectivity index is 2.04. The minimum absolute atomic E-state index is 0.213. The summed E-state index contributed by atoms with van der Waals surface area (Å²) < 4.78 is 6.54. The van der Waals surface area contributed by atoms with Crippen LogP contribution in [0, 0.1) is 11.3 Å². The van der Waals surface area contributed by atoms with E-state index in [-0.39, 0.29) is 12.3 Å². The van der Waals surface area contributed by atoms with Gasteiger partial charge < -0.3 is 10.5 Å². The van der Waals surface area contributed by atoms with Gasteiger partial charge in [-0.2, -0.15) is 10.4 Å². The zero-order chi connectivity index (χ0) is 14.4. The predicted octanol–water partition coefficient (Wildman–Crippen LogP) is 1.92. The van der Waals surface area contributed by atoms with Gasteiger partial charge in [-0.25, -0.2) is 9.48 Å². The molecule has 2 N–H and O–H groups in total. The van der Waals surface area contributed by atoms with Crippen molar-refractivity contribution in [2.45, 2.75) is 12.8 Å². The van der Waals surface area contributed by atoms with Crippen molar-refractivity contribution >= 4 is 11.7 Å². The van der Waals surface area contributed by atoms with E-state index in [9.17, 15) is 4.79 Å². The summed E-state index contributed by atoms with van der Waals surface area (Å²) in [5, 5.41) is 12.5. The lowest BCUT2D eigenvalue weighted by Crippen LogP contribution is -2.08. The van der Waals surface area contributed by atoms with Crippen molar-refractivity contribution in [1.82, 2.24) is 9.78 Å². The van der Waals surface area contributed by atoms with E-state index >= 15 is 0 Å². The lowest BCUT2D eigenvalue weighted by atomic mass is 10.3. The monoisotopic (exact) mass is 270 g/mol. The van der Waals surface area contributed by atoms with Crippen LogP contribution in [0.4, 0.5) is 5.69 Å². The first-order chi connectivity index (χ1) is 9.72. The number of nitriles is 1. The molecule has 2 aromatic rings. The summed E-state index contributed by atoms with van der Waals surface area (Å²) in [5.41, 5.74) is 7.34. The molecule has 1 aromatic heterocycles. The van der Waals surface area contributed by atoms with Crippen molar-refractivity contribution in [2.24, 2.45) is 0 Å². The number of nitrogens with zero attached hydrogens (tertiary/aromatic N) is 3. The van der Waals surface area contributed by atoms with Gasteiger partial charge in [0, 0.05) is 12.6 Å². The first kappa shape index (κ1) is 13.6. The van der Waals surface area contributed by atoms with Crippen molar-refractivity contribution in [2.75, 3.05) is 12.3 Å². The van der Waals surface area contributed by atoms with E-state index in [0.717, 1.165) is 0 Å². The summed E-state index contributed by atoms with van der Waals surface area (Å²) in [6, 6.07) is 10.8. The Kier molecular flexibility index (Phi) is 4.35. The lowest BCUT2D eigenvalue weighted by molar-refractivity contribution is 0.0494. The molecule has 0 saturated heterocycles. The van der Waals surface area contributed by atoms with Crippen LogP contribution in [-0.4, -0.2) is 22.4 Å². The zero-order valence-corrected chi connectivity index (χ0v) is 10.8. The molecule has 0 radical (unpaired) electrons. The van der Waals surface area contributed by atoms with Gasteiger partial charge in [0.25, 0.3) is 0 Å². The Morgan fingerprint density at radius 1 is 1.40 bits per heavy atom. The van der Waals surface area contributed by atoms with Crippen LogP contribution < -0.4 is 5.73 Å². The number of esters is 1. The topological polar surface area (TPSA) is 93.9 Å². The van der Waals surface area contributed by atoms with Gasteiger partial charge in [0.05, 0.1) is 24.1 Å². The largest absolute Gasteiger partial charge is 0.461 e. The van der Waals surface area contributed by atoms with Gasteiger partial charge in [0.15, 0.2) is 5.69 Å². The summed E-state index contributed by atoms with van der Waals surface area (Å²) in [7, 11) is 0. The summed E-state index contributed by atoms with van der Waals surface area (Å²) in [4.78, 5) is 11.7. The standard InChI is InChI=1S/C14H14N4O2/c15-8-3-4-10-20-14(19)12-7-9-18(17-12)13-6-2-1-5-11(13)16/h1-2,5-7,9H,3-4,10,16H2. The minimum Gasteiger partial charge on any atom is -0.461 e. The van der Waals surface area contributed by atoms with Crippen LogP contribution in [-0.2, 0) is 4.74 Å². The van der Waals surface area contributed by atoms with Gasteiger partial charge in [0.1, 0.15) is 0 Å². The molecule has 0 amide bonds. The predicted molar refractivity (Wildman–Crippen MR) is 73.1 cm³/mol.